The second-order valence-corrected chi connectivity index (χ2v) is 11.9. The topological polar surface area (TPSA) is 49.2 Å². The van der Waals surface area contributed by atoms with Gasteiger partial charge in [-0.25, -0.2) is 4.98 Å². The number of halogens is 2. The molecular formula is C30H30Cl2N6S. The molecule has 0 bridgehead atoms. The van der Waals surface area contributed by atoms with Crippen molar-refractivity contribution in [2.45, 2.75) is 32.4 Å². The van der Waals surface area contributed by atoms with Gasteiger partial charge in [0.1, 0.15) is 11.9 Å². The van der Waals surface area contributed by atoms with Crippen LogP contribution in [0.3, 0.4) is 0 Å². The number of rotatable bonds is 5. The average molecular weight is 578 g/mol. The normalized spacial score (nSPS) is 23.2. The lowest BCUT2D eigenvalue weighted by atomic mass is 9.91. The predicted molar refractivity (Wildman–Crippen MR) is 163 cm³/mol. The number of benzene rings is 1. The molecule has 5 heterocycles. The van der Waals surface area contributed by atoms with Gasteiger partial charge in [-0.1, -0.05) is 43.1 Å². The lowest BCUT2D eigenvalue weighted by molar-refractivity contribution is 0.357. The highest BCUT2D eigenvalue weighted by molar-refractivity contribution is 7.80. The third-order valence-corrected chi connectivity index (χ3v) is 8.40. The molecule has 0 radical (unpaired) electrons. The Bertz CT molecular complexity index is 1460. The van der Waals surface area contributed by atoms with E-state index in [-0.39, 0.29) is 12.1 Å². The largest absolute Gasteiger partial charge is 0.370 e. The van der Waals surface area contributed by atoms with Crippen LogP contribution in [-0.4, -0.2) is 32.7 Å². The average Bonchev–Trinajstić information content (AvgIpc) is 3.53. The van der Waals surface area contributed by atoms with Crippen LogP contribution in [-0.2, 0) is 0 Å². The molecule has 6 rings (SSSR count). The van der Waals surface area contributed by atoms with Crippen LogP contribution in [0.4, 0.5) is 11.4 Å². The molecule has 1 N–H and O–H groups in total. The fourth-order valence-corrected chi connectivity index (χ4v) is 6.80. The van der Waals surface area contributed by atoms with Crippen LogP contribution in [0.5, 0.6) is 0 Å². The van der Waals surface area contributed by atoms with Crippen LogP contribution in [0, 0.1) is 11.8 Å². The Hall–Kier alpha value is -3.13. The minimum absolute atomic E-state index is 0.179. The number of nitrogens with one attached hydrogen (secondary N) is 1. The van der Waals surface area contributed by atoms with E-state index in [1.54, 1.807) is 6.20 Å². The molecule has 0 aliphatic carbocycles. The van der Waals surface area contributed by atoms with Crippen molar-refractivity contribution in [2.75, 3.05) is 22.9 Å². The zero-order chi connectivity index (χ0) is 27.1. The molecule has 0 saturated carbocycles. The van der Waals surface area contributed by atoms with E-state index in [0.29, 0.717) is 22.0 Å². The molecule has 200 valence electrons. The number of pyridine rings is 2. The molecule has 0 unspecified atom stereocenters. The highest BCUT2D eigenvalue weighted by Gasteiger charge is 2.42. The van der Waals surface area contributed by atoms with Crippen molar-refractivity contribution in [1.29, 1.82) is 0 Å². The van der Waals surface area contributed by atoms with E-state index in [4.69, 9.17) is 35.4 Å². The van der Waals surface area contributed by atoms with Gasteiger partial charge in [0, 0.05) is 43.1 Å². The van der Waals surface area contributed by atoms with Crippen molar-refractivity contribution in [2.24, 2.45) is 11.8 Å². The first-order valence-electron chi connectivity index (χ1n) is 13.2. The molecule has 2 saturated heterocycles. The first kappa shape index (κ1) is 26.1. The van der Waals surface area contributed by atoms with Crippen LogP contribution < -0.4 is 15.1 Å². The maximum absolute atomic E-state index is 6.98. The van der Waals surface area contributed by atoms with Crippen molar-refractivity contribution in [3.05, 3.63) is 101 Å². The number of hydrogen-bond donors (Lipinski definition) is 1. The van der Waals surface area contributed by atoms with Gasteiger partial charge in [0.25, 0.3) is 0 Å². The van der Waals surface area contributed by atoms with E-state index in [9.17, 15) is 0 Å². The maximum Gasteiger partial charge on any atom is 0.174 e. The van der Waals surface area contributed by atoms with Gasteiger partial charge in [0.15, 0.2) is 5.11 Å². The van der Waals surface area contributed by atoms with Crippen molar-refractivity contribution in [3.8, 4) is 5.82 Å². The summed E-state index contributed by atoms with van der Waals surface area (Å²) in [6.45, 7) is 6.65. The minimum Gasteiger partial charge on any atom is -0.370 e. The number of hydrogen-bond acceptors (Lipinski definition) is 4. The zero-order valence-corrected chi connectivity index (χ0v) is 24.2. The second-order valence-electron chi connectivity index (χ2n) is 10.6. The third-order valence-electron chi connectivity index (χ3n) is 7.56. The van der Waals surface area contributed by atoms with Gasteiger partial charge < -0.3 is 19.7 Å². The Labute approximate surface area is 244 Å². The number of nitrogens with zero attached hydrogens (tertiary/aromatic N) is 5. The molecule has 2 fully saturated rings. The fraction of sp³-hybridized carbons (Fsp3) is 0.300. The highest BCUT2D eigenvalue weighted by atomic mass is 35.5. The summed E-state index contributed by atoms with van der Waals surface area (Å²) < 4.78 is 2.08. The van der Waals surface area contributed by atoms with Gasteiger partial charge in [-0.3, -0.25) is 4.98 Å². The fourth-order valence-electron chi connectivity index (χ4n) is 6.05. The predicted octanol–water partition coefficient (Wildman–Crippen LogP) is 7.23. The summed E-state index contributed by atoms with van der Waals surface area (Å²) in [5.41, 5.74) is 3.93. The minimum atomic E-state index is -0.197. The molecule has 3 aromatic heterocycles. The van der Waals surface area contributed by atoms with Gasteiger partial charge in [-0.2, -0.15) is 0 Å². The van der Waals surface area contributed by atoms with Crippen molar-refractivity contribution in [1.82, 2.24) is 19.9 Å². The van der Waals surface area contributed by atoms with Gasteiger partial charge >= 0.3 is 0 Å². The highest BCUT2D eigenvalue weighted by Crippen LogP contribution is 2.44. The molecule has 0 amide bonds. The van der Waals surface area contributed by atoms with Gasteiger partial charge in [-0.05, 0) is 85.1 Å². The number of anilines is 2. The van der Waals surface area contributed by atoms with E-state index < -0.39 is 0 Å². The van der Waals surface area contributed by atoms with Crippen LogP contribution in [0.1, 0.15) is 43.7 Å². The lowest BCUT2D eigenvalue weighted by Gasteiger charge is -2.37. The third kappa shape index (κ3) is 5.11. The van der Waals surface area contributed by atoms with Crippen LogP contribution in [0.2, 0.25) is 10.0 Å². The van der Waals surface area contributed by atoms with Crippen LogP contribution in [0.25, 0.3) is 5.82 Å². The summed E-state index contributed by atoms with van der Waals surface area (Å²) in [5, 5.41) is 5.48. The monoisotopic (exact) mass is 576 g/mol. The Morgan fingerprint density at radius 2 is 1.77 bits per heavy atom. The van der Waals surface area contributed by atoms with Gasteiger partial charge in [0.05, 0.1) is 27.5 Å². The Balaban J connectivity index is 1.42. The summed E-state index contributed by atoms with van der Waals surface area (Å²) >= 11 is 19.1. The molecule has 39 heavy (non-hydrogen) atoms. The molecule has 2 aliphatic rings. The summed E-state index contributed by atoms with van der Waals surface area (Å²) in [5.74, 6) is 2.05. The summed E-state index contributed by atoms with van der Waals surface area (Å²) in [6, 6.07) is 19.8. The molecule has 4 atom stereocenters. The molecule has 1 aromatic carbocycles. The van der Waals surface area contributed by atoms with E-state index in [2.05, 4.69) is 61.7 Å². The molecule has 2 aliphatic heterocycles. The van der Waals surface area contributed by atoms with Crippen LogP contribution >= 0.6 is 35.4 Å². The van der Waals surface area contributed by atoms with Crippen molar-refractivity contribution in [3.63, 3.8) is 0 Å². The molecule has 4 aromatic rings. The maximum atomic E-state index is 6.98. The molecular weight excluding hydrogens is 547 g/mol. The summed E-state index contributed by atoms with van der Waals surface area (Å²) in [4.78, 5) is 13.8. The van der Waals surface area contributed by atoms with E-state index in [1.807, 2.05) is 54.9 Å². The smallest absolute Gasteiger partial charge is 0.174 e. The second kappa shape index (κ2) is 10.8. The molecule has 9 heteroatoms. The SMILES string of the molecule is C[C@@H]1C[C@H](C)CN(c2ccc(N3C(=S)N[C@H](c4ccccn4)[C@H]3c3cccn3-c3ccc(Cl)cn3)cc2Cl)C1. The lowest BCUT2D eigenvalue weighted by Crippen LogP contribution is -2.38. The summed E-state index contributed by atoms with van der Waals surface area (Å²) in [6.07, 6.45) is 6.73. The first-order chi connectivity index (χ1) is 18.9. The standard InChI is InChI=1S/C30H30Cl2N6S/c1-19-14-20(2)18-36(17-19)25-10-9-22(15-23(25)32)38-29(28(35-30(38)39)24-6-3-4-12-33-24)26-7-5-13-37(26)27-11-8-21(31)16-34-27/h3-13,15-16,19-20,28-29H,14,17-18H2,1-2H3,(H,35,39)/t19-,20+,28-,29-/m1/s1. The Morgan fingerprint density at radius 1 is 0.949 bits per heavy atom. The van der Waals surface area contributed by atoms with E-state index in [0.717, 1.165) is 46.7 Å². The Kier molecular flexibility index (Phi) is 7.23. The summed E-state index contributed by atoms with van der Waals surface area (Å²) in [7, 11) is 0. The van der Waals surface area contributed by atoms with Crippen molar-refractivity contribution < 1.29 is 0 Å². The number of piperidine rings is 1. The molecule has 0 spiro atoms. The first-order valence-corrected chi connectivity index (χ1v) is 14.4. The van der Waals surface area contributed by atoms with Gasteiger partial charge in [-0.15, -0.1) is 0 Å². The Morgan fingerprint density at radius 3 is 2.46 bits per heavy atom. The molecule has 6 nitrogen and oxygen atoms in total. The van der Waals surface area contributed by atoms with Gasteiger partial charge in [0.2, 0.25) is 0 Å². The van der Waals surface area contributed by atoms with E-state index >= 15 is 0 Å². The zero-order valence-electron chi connectivity index (χ0n) is 21.8. The van der Waals surface area contributed by atoms with Crippen LogP contribution in [0.15, 0.2) is 79.3 Å². The number of aromatic nitrogens is 3. The quantitative estimate of drug-likeness (QED) is 0.253. The van der Waals surface area contributed by atoms with E-state index in [1.165, 1.54) is 6.42 Å². The number of thiocarbonyl (C=S) groups is 1. The van der Waals surface area contributed by atoms with Crippen molar-refractivity contribution >= 4 is 51.9 Å².